The summed E-state index contributed by atoms with van der Waals surface area (Å²) in [5.74, 6) is 2.10. The normalized spacial score (nSPS) is 11.7. The molecule has 134 valence electrons. The van der Waals surface area contributed by atoms with Gasteiger partial charge in [-0.2, -0.15) is 0 Å². The van der Waals surface area contributed by atoms with Crippen LogP contribution in [-0.2, 0) is 6.54 Å². The summed E-state index contributed by atoms with van der Waals surface area (Å²) in [6, 6.07) is 16.2. The smallest absolute Gasteiger partial charge is 0.167 e. The van der Waals surface area contributed by atoms with Crippen molar-refractivity contribution >= 4 is 17.3 Å². The molecule has 0 aliphatic carbocycles. The van der Waals surface area contributed by atoms with Crippen LogP contribution < -0.4 is 20.1 Å². The Morgan fingerprint density at radius 3 is 1.92 bits per heavy atom. The van der Waals surface area contributed by atoms with Gasteiger partial charge < -0.3 is 20.1 Å². The molecule has 0 amide bonds. The lowest BCUT2D eigenvalue weighted by Crippen LogP contribution is -2.39. The molecule has 0 saturated carbocycles. The first-order chi connectivity index (χ1) is 12.0. The Morgan fingerprint density at radius 1 is 0.920 bits per heavy atom. The summed E-state index contributed by atoms with van der Waals surface area (Å²) in [5, 5.41) is 7.33. The van der Waals surface area contributed by atoms with Crippen molar-refractivity contribution in [3.8, 4) is 11.5 Å². The topological polar surface area (TPSA) is 42.5 Å². The fourth-order valence-corrected chi connectivity index (χ4v) is 2.76. The number of methoxy groups -OCH3 is 2. The summed E-state index contributed by atoms with van der Waals surface area (Å²) >= 11 is 5.47. The minimum Gasteiger partial charge on any atom is -0.497 e. The molecule has 0 spiro atoms. The Hall–Kier alpha value is -2.27. The van der Waals surface area contributed by atoms with Crippen LogP contribution in [0, 0.1) is 5.92 Å². The second kappa shape index (κ2) is 9.28. The number of benzene rings is 2. The molecule has 0 heterocycles. The lowest BCUT2D eigenvalue weighted by molar-refractivity contribution is 0.413. The lowest BCUT2D eigenvalue weighted by Gasteiger charge is -2.25. The maximum atomic E-state index is 5.47. The van der Waals surface area contributed by atoms with Crippen molar-refractivity contribution in [2.45, 2.75) is 26.4 Å². The number of nitrogens with one attached hydrogen (secondary N) is 2. The van der Waals surface area contributed by atoms with Crippen LogP contribution in [0.1, 0.15) is 31.0 Å². The maximum Gasteiger partial charge on any atom is 0.167 e. The third-order valence-electron chi connectivity index (χ3n) is 4.04. The van der Waals surface area contributed by atoms with Gasteiger partial charge in [0.25, 0.3) is 0 Å². The van der Waals surface area contributed by atoms with Crippen molar-refractivity contribution in [2.75, 3.05) is 14.2 Å². The van der Waals surface area contributed by atoms with Crippen LogP contribution >= 0.6 is 12.2 Å². The summed E-state index contributed by atoms with van der Waals surface area (Å²) in [5.41, 5.74) is 2.33. The van der Waals surface area contributed by atoms with Crippen LogP contribution in [-0.4, -0.2) is 19.3 Å². The van der Waals surface area contributed by atoms with Gasteiger partial charge in [-0.05, 0) is 53.5 Å². The Morgan fingerprint density at radius 2 is 1.44 bits per heavy atom. The standard InChI is InChI=1S/C20H26N2O2S/c1-14(2)19(16-7-11-18(24-4)12-8-16)22-20(25)21-13-15-5-9-17(23-3)10-6-15/h5-12,14,19H,13H2,1-4H3,(H2,21,22,25)/t19-/m0/s1. The fourth-order valence-electron chi connectivity index (χ4n) is 2.56. The minimum absolute atomic E-state index is 0.141. The molecule has 0 unspecified atom stereocenters. The van der Waals surface area contributed by atoms with Gasteiger partial charge in [0.1, 0.15) is 11.5 Å². The Kier molecular flexibility index (Phi) is 7.07. The van der Waals surface area contributed by atoms with Gasteiger partial charge in [-0.15, -0.1) is 0 Å². The first kappa shape index (κ1) is 19.1. The van der Waals surface area contributed by atoms with Gasteiger partial charge in [0.2, 0.25) is 0 Å². The molecule has 2 N–H and O–H groups in total. The molecule has 0 aromatic heterocycles. The van der Waals surface area contributed by atoms with Gasteiger partial charge in [-0.3, -0.25) is 0 Å². The van der Waals surface area contributed by atoms with Crippen molar-refractivity contribution in [3.05, 3.63) is 59.7 Å². The molecule has 2 rings (SSSR count). The van der Waals surface area contributed by atoms with Gasteiger partial charge in [0.15, 0.2) is 5.11 Å². The highest BCUT2D eigenvalue weighted by atomic mass is 32.1. The van der Waals surface area contributed by atoms with E-state index in [1.165, 1.54) is 5.56 Å². The molecule has 0 radical (unpaired) electrons. The van der Waals surface area contributed by atoms with Crippen LogP contribution in [0.3, 0.4) is 0 Å². The highest BCUT2D eigenvalue weighted by Crippen LogP contribution is 2.23. The highest BCUT2D eigenvalue weighted by Gasteiger charge is 2.16. The third-order valence-corrected chi connectivity index (χ3v) is 4.30. The minimum atomic E-state index is 0.141. The largest absolute Gasteiger partial charge is 0.497 e. The molecule has 2 aromatic rings. The molecule has 4 nitrogen and oxygen atoms in total. The number of hydrogen-bond donors (Lipinski definition) is 2. The molecule has 5 heteroatoms. The van der Waals surface area contributed by atoms with E-state index in [0.29, 0.717) is 17.6 Å². The monoisotopic (exact) mass is 358 g/mol. The van der Waals surface area contributed by atoms with Crippen molar-refractivity contribution in [3.63, 3.8) is 0 Å². The Balaban J connectivity index is 1.94. The van der Waals surface area contributed by atoms with Gasteiger partial charge in [0, 0.05) is 6.54 Å². The molecule has 0 fully saturated rings. The van der Waals surface area contributed by atoms with Crippen LogP contribution in [0.25, 0.3) is 0 Å². The average molecular weight is 359 g/mol. The average Bonchev–Trinajstić information content (AvgIpc) is 2.64. The zero-order chi connectivity index (χ0) is 18.2. The van der Waals surface area contributed by atoms with E-state index in [4.69, 9.17) is 21.7 Å². The summed E-state index contributed by atoms with van der Waals surface area (Å²) in [4.78, 5) is 0. The van der Waals surface area contributed by atoms with Crippen molar-refractivity contribution in [2.24, 2.45) is 5.92 Å². The predicted molar refractivity (Wildman–Crippen MR) is 106 cm³/mol. The van der Waals surface area contributed by atoms with E-state index in [-0.39, 0.29) is 6.04 Å². The molecule has 2 aromatic carbocycles. The molecule has 0 aliphatic heterocycles. The molecule has 1 atom stereocenters. The van der Waals surface area contributed by atoms with Crippen LogP contribution in [0.2, 0.25) is 0 Å². The Bertz CT molecular complexity index is 669. The van der Waals surface area contributed by atoms with Gasteiger partial charge >= 0.3 is 0 Å². The summed E-state index contributed by atoms with van der Waals surface area (Å²) < 4.78 is 10.4. The van der Waals surface area contributed by atoms with E-state index in [1.54, 1.807) is 14.2 Å². The van der Waals surface area contributed by atoms with E-state index >= 15 is 0 Å². The second-order valence-electron chi connectivity index (χ2n) is 6.17. The number of thiocarbonyl (C=S) groups is 1. The highest BCUT2D eigenvalue weighted by molar-refractivity contribution is 7.80. The van der Waals surface area contributed by atoms with E-state index < -0.39 is 0 Å². The lowest BCUT2D eigenvalue weighted by atomic mass is 9.96. The molecular weight excluding hydrogens is 332 g/mol. The van der Waals surface area contributed by atoms with E-state index in [2.05, 4.69) is 36.6 Å². The van der Waals surface area contributed by atoms with E-state index in [1.807, 2.05) is 36.4 Å². The molecule has 0 aliphatic rings. The number of rotatable bonds is 7. The van der Waals surface area contributed by atoms with Crippen molar-refractivity contribution < 1.29 is 9.47 Å². The Labute approximate surface area is 155 Å². The molecule has 25 heavy (non-hydrogen) atoms. The first-order valence-electron chi connectivity index (χ1n) is 8.34. The summed E-state index contributed by atoms with van der Waals surface area (Å²) in [7, 11) is 3.34. The second-order valence-corrected chi connectivity index (χ2v) is 6.58. The zero-order valence-electron chi connectivity index (χ0n) is 15.2. The van der Waals surface area contributed by atoms with Crippen LogP contribution in [0.15, 0.2) is 48.5 Å². The predicted octanol–water partition coefficient (Wildman–Crippen LogP) is 4.07. The van der Waals surface area contributed by atoms with E-state index in [9.17, 15) is 0 Å². The summed E-state index contributed by atoms with van der Waals surface area (Å²) in [6.07, 6.45) is 0. The number of hydrogen-bond acceptors (Lipinski definition) is 3. The quantitative estimate of drug-likeness (QED) is 0.731. The maximum absolute atomic E-state index is 5.47. The number of ether oxygens (including phenoxy) is 2. The fraction of sp³-hybridized carbons (Fsp3) is 0.350. The van der Waals surface area contributed by atoms with Crippen molar-refractivity contribution in [1.82, 2.24) is 10.6 Å². The van der Waals surface area contributed by atoms with Gasteiger partial charge in [-0.1, -0.05) is 38.1 Å². The van der Waals surface area contributed by atoms with Gasteiger partial charge in [-0.25, -0.2) is 0 Å². The van der Waals surface area contributed by atoms with Crippen molar-refractivity contribution in [1.29, 1.82) is 0 Å². The molecule has 0 saturated heterocycles. The SMILES string of the molecule is COc1ccc(CNC(=S)N[C@H](c2ccc(OC)cc2)C(C)C)cc1. The molecule has 0 bridgehead atoms. The van der Waals surface area contributed by atoms with E-state index in [0.717, 1.165) is 17.1 Å². The summed E-state index contributed by atoms with van der Waals surface area (Å²) in [6.45, 7) is 5.02. The first-order valence-corrected chi connectivity index (χ1v) is 8.75. The van der Waals surface area contributed by atoms with Crippen LogP contribution in [0.5, 0.6) is 11.5 Å². The zero-order valence-corrected chi connectivity index (χ0v) is 16.0. The van der Waals surface area contributed by atoms with Gasteiger partial charge in [0.05, 0.1) is 20.3 Å². The molecular formula is C20H26N2O2S. The third kappa shape index (κ3) is 5.64. The van der Waals surface area contributed by atoms with Crippen LogP contribution in [0.4, 0.5) is 0 Å².